The summed E-state index contributed by atoms with van der Waals surface area (Å²) >= 11 is 0. The van der Waals surface area contributed by atoms with E-state index in [1.165, 1.54) is 5.69 Å². The van der Waals surface area contributed by atoms with Crippen LogP contribution in [0.15, 0.2) is 18.3 Å². The highest BCUT2D eigenvalue weighted by atomic mass is 16.3. The molecule has 2 amide bonds. The number of amides is 2. The molecule has 1 saturated heterocycles. The van der Waals surface area contributed by atoms with E-state index in [1.54, 1.807) is 20.0 Å². The van der Waals surface area contributed by atoms with Gasteiger partial charge >= 0.3 is 6.03 Å². The molecule has 28 heavy (non-hydrogen) atoms. The van der Waals surface area contributed by atoms with E-state index < -0.39 is 5.60 Å². The van der Waals surface area contributed by atoms with Gasteiger partial charge in [-0.3, -0.25) is 4.68 Å². The third-order valence-corrected chi connectivity index (χ3v) is 5.97. The van der Waals surface area contributed by atoms with Gasteiger partial charge in [0.25, 0.3) is 0 Å². The fourth-order valence-electron chi connectivity index (χ4n) is 4.43. The molecule has 1 fully saturated rings. The monoisotopic (exact) mass is 384 g/mol. The number of hydrogen-bond acceptors (Lipinski definition) is 5. The minimum atomic E-state index is -1.07. The van der Waals surface area contributed by atoms with Crippen molar-refractivity contribution in [1.29, 1.82) is 0 Å². The highest BCUT2D eigenvalue weighted by Gasteiger charge is 2.46. The van der Waals surface area contributed by atoms with E-state index in [-0.39, 0.29) is 11.4 Å². The molecule has 0 saturated carbocycles. The number of nitrogens with one attached hydrogen (secondary N) is 1. The van der Waals surface area contributed by atoms with Crippen molar-refractivity contribution in [1.82, 2.24) is 25.0 Å². The summed E-state index contributed by atoms with van der Waals surface area (Å²) in [5, 5.41) is 18.0. The van der Waals surface area contributed by atoms with E-state index >= 15 is 0 Å². The summed E-state index contributed by atoms with van der Waals surface area (Å²) in [7, 11) is 0. The summed E-state index contributed by atoms with van der Waals surface area (Å²) in [6.45, 7) is 8.29. The molecule has 0 aliphatic carbocycles. The number of anilines is 1. The lowest BCUT2D eigenvalue weighted by molar-refractivity contribution is 0.0791. The van der Waals surface area contributed by atoms with Crippen molar-refractivity contribution < 1.29 is 9.90 Å². The Morgan fingerprint density at radius 1 is 1.36 bits per heavy atom. The Morgan fingerprint density at radius 3 is 2.82 bits per heavy atom. The number of rotatable bonds is 3. The number of nitrogens with zero attached hydrogens (tertiary/aromatic N) is 4. The molecule has 1 unspecified atom stereocenters. The number of urea groups is 1. The number of hydrogen-bond donors (Lipinski definition) is 3. The lowest BCUT2D eigenvalue weighted by Crippen LogP contribution is -2.40. The first-order valence-electron chi connectivity index (χ1n) is 9.83. The number of aryl methyl sites for hydroxylation is 1. The molecular formula is C20H28N6O2. The number of nitrogens with two attached hydrogens (primary N) is 1. The maximum atomic E-state index is 12.2. The van der Waals surface area contributed by atoms with Gasteiger partial charge < -0.3 is 21.1 Å². The van der Waals surface area contributed by atoms with Crippen LogP contribution in [0.3, 0.4) is 0 Å². The molecule has 2 aliphatic heterocycles. The van der Waals surface area contributed by atoms with Gasteiger partial charge in [-0.2, -0.15) is 5.10 Å². The Labute approximate surface area is 164 Å². The number of likely N-dealkylation sites (tertiary alicyclic amines) is 1. The Kier molecular flexibility index (Phi) is 4.33. The molecule has 4 rings (SSSR count). The first-order valence-corrected chi connectivity index (χ1v) is 9.83. The summed E-state index contributed by atoms with van der Waals surface area (Å²) in [6, 6.07) is 3.98. The smallest absolute Gasteiger partial charge is 0.317 e. The third kappa shape index (κ3) is 3.01. The van der Waals surface area contributed by atoms with Gasteiger partial charge in [0, 0.05) is 54.6 Å². The van der Waals surface area contributed by atoms with E-state index in [0.29, 0.717) is 17.9 Å². The average Bonchev–Trinajstić information content (AvgIpc) is 3.32. The second-order valence-corrected chi connectivity index (χ2v) is 8.39. The fourth-order valence-corrected chi connectivity index (χ4v) is 4.43. The number of pyridine rings is 1. The van der Waals surface area contributed by atoms with Gasteiger partial charge in [-0.1, -0.05) is 0 Å². The van der Waals surface area contributed by atoms with Crippen LogP contribution in [0.4, 0.5) is 10.6 Å². The van der Waals surface area contributed by atoms with Gasteiger partial charge in [0.15, 0.2) is 0 Å². The minimum Gasteiger partial charge on any atom is -0.386 e. The summed E-state index contributed by atoms with van der Waals surface area (Å²) in [6.07, 6.45) is 3.65. The zero-order valence-corrected chi connectivity index (χ0v) is 16.7. The normalized spacial score (nSPS) is 21.4. The van der Waals surface area contributed by atoms with Crippen molar-refractivity contribution in [3.05, 3.63) is 29.6 Å². The molecule has 0 bridgehead atoms. The summed E-state index contributed by atoms with van der Waals surface area (Å²) in [4.78, 5) is 18.4. The predicted molar refractivity (Wildman–Crippen MR) is 107 cm³/mol. The first kappa shape index (κ1) is 18.7. The van der Waals surface area contributed by atoms with E-state index in [2.05, 4.69) is 21.0 Å². The third-order valence-electron chi connectivity index (χ3n) is 5.97. The highest BCUT2D eigenvalue weighted by molar-refractivity contribution is 5.75. The molecular weight excluding hydrogens is 356 g/mol. The number of fused-ring (bicyclic) bond motifs is 2. The van der Waals surface area contributed by atoms with Crippen LogP contribution in [0, 0.1) is 0 Å². The molecule has 2 aliphatic rings. The molecule has 8 heteroatoms. The second kappa shape index (κ2) is 6.48. The van der Waals surface area contributed by atoms with Crippen molar-refractivity contribution in [3.8, 4) is 11.3 Å². The Morgan fingerprint density at radius 2 is 2.11 bits per heavy atom. The summed E-state index contributed by atoms with van der Waals surface area (Å²) < 4.78 is 2.05. The van der Waals surface area contributed by atoms with Crippen LogP contribution in [0.2, 0.25) is 0 Å². The van der Waals surface area contributed by atoms with E-state index in [4.69, 9.17) is 10.8 Å². The van der Waals surface area contributed by atoms with Crippen LogP contribution in [-0.2, 0) is 17.6 Å². The topological polar surface area (TPSA) is 109 Å². The first-order chi connectivity index (χ1) is 13.2. The molecule has 8 nitrogen and oxygen atoms in total. The van der Waals surface area contributed by atoms with E-state index in [1.807, 2.05) is 17.9 Å². The SMILES string of the molecule is CCNC(=O)N1CCC2(CCn3nc(-c4cnc(N)c(C(C)(C)O)c4)cc32)C1. The predicted octanol–water partition coefficient (Wildman–Crippen LogP) is 1.83. The largest absolute Gasteiger partial charge is 0.386 e. The summed E-state index contributed by atoms with van der Waals surface area (Å²) in [5.41, 5.74) is 8.27. The second-order valence-electron chi connectivity index (χ2n) is 8.39. The maximum absolute atomic E-state index is 12.2. The molecule has 4 heterocycles. The number of nitrogen functional groups attached to an aromatic ring is 1. The van der Waals surface area contributed by atoms with Gasteiger partial charge in [0.1, 0.15) is 5.82 Å². The van der Waals surface area contributed by atoms with Crippen molar-refractivity contribution in [2.24, 2.45) is 0 Å². The van der Waals surface area contributed by atoms with Crippen LogP contribution in [-0.4, -0.2) is 50.4 Å². The van der Waals surface area contributed by atoms with Gasteiger partial charge in [-0.05, 0) is 45.7 Å². The molecule has 150 valence electrons. The Hall–Kier alpha value is -2.61. The quantitative estimate of drug-likeness (QED) is 0.748. The number of carbonyl (C=O) groups excluding carboxylic acids is 1. The zero-order valence-electron chi connectivity index (χ0n) is 16.7. The van der Waals surface area contributed by atoms with Crippen LogP contribution in [0.25, 0.3) is 11.3 Å². The van der Waals surface area contributed by atoms with Crippen LogP contribution >= 0.6 is 0 Å². The standard InChI is InChI=1S/C20H28N6O2/c1-4-22-18(27)25-7-5-20(12-25)6-8-26-16(20)10-15(24-26)13-9-14(19(2,3)28)17(21)23-11-13/h9-11,28H,4-8,12H2,1-3H3,(H2,21,23)(H,22,27). The molecule has 2 aromatic heterocycles. The molecule has 0 aromatic carbocycles. The number of aromatic nitrogens is 3. The Balaban J connectivity index is 1.64. The van der Waals surface area contributed by atoms with Crippen molar-refractivity contribution >= 4 is 11.8 Å². The molecule has 0 radical (unpaired) electrons. The van der Waals surface area contributed by atoms with E-state index in [0.717, 1.165) is 43.7 Å². The zero-order chi connectivity index (χ0) is 20.1. The average molecular weight is 384 g/mol. The number of aliphatic hydroxyl groups is 1. The highest BCUT2D eigenvalue weighted by Crippen LogP contribution is 2.44. The molecule has 1 atom stereocenters. The maximum Gasteiger partial charge on any atom is 0.317 e. The van der Waals surface area contributed by atoms with Crippen molar-refractivity contribution in [2.45, 2.75) is 51.2 Å². The lowest BCUT2D eigenvalue weighted by atomic mass is 9.82. The van der Waals surface area contributed by atoms with Gasteiger partial charge in [-0.15, -0.1) is 0 Å². The number of carbonyl (C=O) groups is 1. The fraction of sp³-hybridized carbons (Fsp3) is 0.550. The van der Waals surface area contributed by atoms with Crippen molar-refractivity contribution in [3.63, 3.8) is 0 Å². The van der Waals surface area contributed by atoms with Crippen LogP contribution in [0.5, 0.6) is 0 Å². The Bertz CT molecular complexity index is 916. The van der Waals surface area contributed by atoms with Crippen molar-refractivity contribution in [2.75, 3.05) is 25.4 Å². The van der Waals surface area contributed by atoms with E-state index in [9.17, 15) is 9.90 Å². The van der Waals surface area contributed by atoms with Crippen LogP contribution < -0.4 is 11.1 Å². The lowest BCUT2D eigenvalue weighted by Gasteiger charge is -2.23. The van der Waals surface area contributed by atoms with Gasteiger partial charge in [-0.25, -0.2) is 9.78 Å². The minimum absolute atomic E-state index is 0.00937. The van der Waals surface area contributed by atoms with Crippen LogP contribution in [0.1, 0.15) is 44.9 Å². The van der Waals surface area contributed by atoms with Gasteiger partial charge in [0.2, 0.25) is 0 Å². The molecule has 2 aromatic rings. The molecule has 4 N–H and O–H groups in total. The molecule has 1 spiro atoms. The van der Waals surface area contributed by atoms with Gasteiger partial charge in [0.05, 0.1) is 11.3 Å². The summed E-state index contributed by atoms with van der Waals surface area (Å²) in [5.74, 6) is 0.327.